The van der Waals surface area contributed by atoms with Crippen LogP contribution in [-0.4, -0.2) is 59.4 Å². The molecule has 0 aromatic rings. The minimum absolute atomic E-state index is 0.00334. The van der Waals surface area contributed by atoms with Crippen LogP contribution in [0.1, 0.15) is 25.7 Å². The lowest BCUT2D eigenvalue weighted by atomic mass is 9.92. The molecule has 0 radical (unpaired) electrons. The average molecular weight is 268 g/mol. The Hall–Kier alpha value is -1.59. The van der Waals surface area contributed by atoms with Crippen LogP contribution in [-0.2, 0) is 14.4 Å². The van der Waals surface area contributed by atoms with E-state index < -0.39 is 11.9 Å². The van der Waals surface area contributed by atoms with Crippen LogP contribution in [0.15, 0.2) is 0 Å². The second-order valence-electron chi connectivity index (χ2n) is 5.47. The summed E-state index contributed by atoms with van der Waals surface area (Å²) >= 11 is 0. The summed E-state index contributed by atoms with van der Waals surface area (Å²) in [5, 5.41) is 9.03. The van der Waals surface area contributed by atoms with Gasteiger partial charge in [-0.2, -0.15) is 0 Å². The fourth-order valence-corrected chi connectivity index (χ4v) is 2.79. The molecule has 2 aliphatic heterocycles. The first-order valence-corrected chi connectivity index (χ1v) is 6.74. The third kappa shape index (κ3) is 3.05. The minimum Gasteiger partial charge on any atom is -0.481 e. The Kier molecular flexibility index (Phi) is 4.07. The van der Waals surface area contributed by atoms with Crippen molar-refractivity contribution in [2.24, 2.45) is 11.8 Å². The van der Waals surface area contributed by atoms with Gasteiger partial charge in [0.1, 0.15) is 0 Å². The molecule has 0 saturated carbocycles. The lowest BCUT2D eigenvalue weighted by Gasteiger charge is -2.35. The molecule has 0 unspecified atom stereocenters. The molecule has 0 spiro atoms. The van der Waals surface area contributed by atoms with Crippen molar-refractivity contribution in [3.8, 4) is 0 Å². The van der Waals surface area contributed by atoms with Gasteiger partial charge in [0.05, 0.1) is 5.92 Å². The van der Waals surface area contributed by atoms with Crippen LogP contribution >= 0.6 is 0 Å². The van der Waals surface area contributed by atoms with Crippen molar-refractivity contribution in [2.75, 3.05) is 26.7 Å². The maximum Gasteiger partial charge on any atom is 0.308 e. The Balaban J connectivity index is 1.96. The van der Waals surface area contributed by atoms with Gasteiger partial charge < -0.3 is 14.9 Å². The largest absolute Gasteiger partial charge is 0.481 e. The molecule has 2 atom stereocenters. The first kappa shape index (κ1) is 13.8. The molecule has 6 nitrogen and oxygen atoms in total. The highest BCUT2D eigenvalue weighted by Crippen LogP contribution is 2.23. The fraction of sp³-hybridized carbons (Fsp3) is 0.769. The SMILES string of the molecule is CN1CC[C@@H](C(=O)N2CCC[C@H](C(=O)O)C2)CC1=O. The van der Waals surface area contributed by atoms with E-state index in [9.17, 15) is 14.4 Å². The van der Waals surface area contributed by atoms with Crippen molar-refractivity contribution in [1.29, 1.82) is 0 Å². The zero-order valence-corrected chi connectivity index (χ0v) is 11.2. The number of rotatable bonds is 2. The summed E-state index contributed by atoms with van der Waals surface area (Å²) in [6.45, 7) is 1.50. The highest BCUT2D eigenvalue weighted by atomic mass is 16.4. The number of hydrogen-bond donors (Lipinski definition) is 1. The monoisotopic (exact) mass is 268 g/mol. The van der Waals surface area contributed by atoms with Crippen molar-refractivity contribution in [3.63, 3.8) is 0 Å². The van der Waals surface area contributed by atoms with Gasteiger partial charge in [-0.25, -0.2) is 0 Å². The number of hydrogen-bond acceptors (Lipinski definition) is 3. The zero-order chi connectivity index (χ0) is 14.0. The molecule has 0 bridgehead atoms. The topological polar surface area (TPSA) is 77.9 Å². The molecule has 19 heavy (non-hydrogen) atoms. The lowest BCUT2D eigenvalue weighted by molar-refractivity contribution is -0.149. The second-order valence-corrected chi connectivity index (χ2v) is 5.47. The first-order valence-electron chi connectivity index (χ1n) is 6.74. The molecule has 2 aliphatic rings. The van der Waals surface area contributed by atoms with Gasteiger partial charge in [-0.05, 0) is 19.3 Å². The van der Waals surface area contributed by atoms with Crippen LogP contribution in [0.4, 0.5) is 0 Å². The maximum absolute atomic E-state index is 12.3. The fourth-order valence-electron chi connectivity index (χ4n) is 2.79. The third-order valence-corrected chi connectivity index (χ3v) is 4.09. The van der Waals surface area contributed by atoms with Crippen molar-refractivity contribution < 1.29 is 19.5 Å². The number of likely N-dealkylation sites (tertiary alicyclic amines) is 2. The second kappa shape index (κ2) is 5.59. The van der Waals surface area contributed by atoms with Gasteiger partial charge >= 0.3 is 5.97 Å². The van der Waals surface area contributed by atoms with Gasteiger partial charge in [-0.3, -0.25) is 14.4 Å². The summed E-state index contributed by atoms with van der Waals surface area (Å²) in [6, 6.07) is 0. The molecule has 0 aromatic carbocycles. The molecule has 2 fully saturated rings. The lowest BCUT2D eigenvalue weighted by Crippen LogP contribution is -2.48. The Bertz CT molecular complexity index is 396. The van der Waals surface area contributed by atoms with E-state index in [-0.39, 0.29) is 30.7 Å². The Labute approximate surface area is 112 Å². The number of amides is 2. The molecule has 2 rings (SSSR count). The number of carbonyl (C=O) groups is 3. The highest BCUT2D eigenvalue weighted by molar-refractivity contribution is 5.87. The average Bonchev–Trinajstić information content (AvgIpc) is 2.41. The molecular formula is C13H20N2O4. The standard InChI is InChI=1S/C13H20N2O4/c1-14-6-4-9(7-11(14)16)12(17)15-5-2-3-10(8-15)13(18)19/h9-10H,2-8H2,1H3,(H,18,19)/t9-,10+/m1/s1. The normalized spacial score (nSPS) is 28.4. The van der Waals surface area contributed by atoms with Gasteiger partial charge in [-0.1, -0.05) is 0 Å². The smallest absolute Gasteiger partial charge is 0.308 e. The van der Waals surface area contributed by atoms with Gasteiger partial charge in [0.15, 0.2) is 0 Å². The summed E-state index contributed by atoms with van der Waals surface area (Å²) in [5.41, 5.74) is 0. The summed E-state index contributed by atoms with van der Waals surface area (Å²) in [7, 11) is 1.74. The van der Waals surface area contributed by atoms with Crippen LogP contribution < -0.4 is 0 Å². The molecule has 6 heteroatoms. The third-order valence-electron chi connectivity index (χ3n) is 4.09. The number of carboxylic acids is 1. The molecule has 2 saturated heterocycles. The molecule has 2 heterocycles. The van der Waals surface area contributed by atoms with E-state index >= 15 is 0 Å². The van der Waals surface area contributed by atoms with Crippen LogP contribution in [0.3, 0.4) is 0 Å². The van der Waals surface area contributed by atoms with Gasteiger partial charge in [0.25, 0.3) is 0 Å². The van der Waals surface area contributed by atoms with Gasteiger partial charge in [0, 0.05) is 39.0 Å². The summed E-state index contributed by atoms with van der Waals surface area (Å²) in [6.07, 6.45) is 2.29. The number of nitrogens with zero attached hydrogens (tertiary/aromatic N) is 2. The molecule has 0 aromatic heterocycles. The van der Waals surface area contributed by atoms with E-state index in [1.807, 2.05) is 0 Å². The first-order chi connectivity index (χ1) is 8.99. The minimum atomic E-state index is -0.836. The molecular weight excluding hydrogens is 248 g/mol. The zero-order valence-electron chi connectivity index (χ0n) is 11.2. The predicted molar refractivity (Wildman–Crippen MR) is 67.3 cm³/mol. The highest BCUT2D eigenvalue weighted by Gasteiger charge is 2.34. The van der Waals surface area contributed by atoms with Crippen molar-refractivity contribution in [2.45, 2.75) is 25.7 Å². The summed E-state index contributed by atoms with van der Waals surface area (Å²) < 4.78 is 0. The van der Waals surface area contributed by atoms with E-state index in [1.165, 1.54) is 0 Å². The Morgan fingerprint density at radius 1 is 1.21 bits per heavy atom. The maximum atomic E-state index is 12.3. The Morgan fingerprint density at radius 2 is 1.95 bits per heavy atom. The van der Waals surface area contributed by atoms with Crippen LogP contribution in [0.2, 0.25) is 0 Å². The molecule has 0 aliphatic carbocycles. The number of carboxylic acid groups (broad SMARTS) is 1. The van der Waals surface area contributed by atoms with Crippen molar-refractivity contribution in [1.82, 2.24) is 9.80 Å². The number of piperidine rings is 2. The summed E-state index contributed by atoms with van der Waals surface area (Å²) in [4.78, 5) is 38.2. The van der Waals surface area contributed by atoms with Crippen molar-refractivity contribution in [3.05, 3.63) is 0 Å². The molecule has 106 valence electrons. The van der Waals surface area contributed by atoms with E-state index in [0.717, 1.165) is 6.42 Å². The van der Waals surface area contributed by atoms with E-state index in [0.29, 0.717) is 25.9 Å². The van der Waals surface area contributed by atoms with E-state index in [4.69, 9.17) is 5.11 Å². The molecule has 2 amide bonds. The van der Waals surface area contributed by atoms with Gasteiger partial charge in [-0.15, -0.1) is 0 Å². The van der Waals surface area contributed by atoms with E-state index in [1.54, 1.807) is 16.8 Å². The van der Waals surface area contributed by atoms with E-state index in [2.05, 4.69) is 0 Å². The van der Waals surface area contributed by atoms with Gasteiger partial charge in [0.2, 0.25) is 11.8 Å². The number of aliphatic carboxylic acids is 1. The predicted octanol–water partition coefficient (Wildman–Crippen LogP) is 0.178. The number of carbonyl (C=O) groups excluding carboxylic acids is 2. The summed E-state index contributed by atoms with van der Waals surface area (Å²) in [5.74, 6) is -1.61. The Morgan fingerprint density at radius 3 is 2.58 bits per heavy atom. The van der Waals surface area contributed by atoms with Crippen LogP contribution in [0, 0.1) is 11.8 Å². The molecule has 1 N–H and O–H groups in total. The quantitative estimate of drug-likeness (QED) is 0.775. The van der Waals surface area contributed by atoms with Crippen LogP contribution in [0.5, 0.6) is 0 Å². The van der Waals surface area contributed by atoms with Crippen molar-refractivity contribution >= 4 is 17.8 Å². The van der Waals surface area contributed by atoms with Crippen LogP contribution in [0.25, 0.3) is 0 Å².